The van der Waals surface area contributed by atoms with E-state index < -0.39 is 162 Å². The second-order valence-corrected chi connectivity index (χ2v) is 27.3. The Morgan fingerprint density at radius 1 is 0.348 bits per heavy atom. The standard InChI is InChI=1S/C69H109N5O18/c1-39(2)54(72-61(77)51(86-14)35-47-27-19-15-20-28-47)65(81)88-44(11)59(75)70-57(42(7)8)68(84)91-52(36-48-29-21-16-22-30-48)62(78)73-55(40(3)4)66(82)89-45(12)60(76)71-58(43(9)10)69(85)92-53(37-49-31-23-17-24-32-49)63(79)74-56(41(5)6)67(83)90-46(13)64(80)87-38-50-33-25-18-26-34-50/h18,25-26,33-34,39-49,51-58H,15-17,19-24,27-32,35-38H2,1-14H3,(H,70,75)(H,71,76)(H,72,77)(H,73,78)(H,74,79)/t44-,45-,46-,51+,52+,53+,54+,55+,56+,57-,58-/m0/s1. The molecular formula is C69H109N5O18. The summed E-state index contributed by atoms with van der Waals surface area (Å²) in [6.45, 7) is 20.7. The van der Waals surface area contributed by atoms with Crippen molar-refractivity contribution >= 4 is 65.4 Å². The molecule has 3 fully saturated rings. The summed E-state index contributed by atoms with van der Waals surface area (Å²) in [7, 11) is 1.46. The second-order valence-electron chi connectivity index (χ2n) is 27.3. The van der Waals surface area contributed by atoms with Crippen LogP contribution in [-0.2, 0) is 92.5 Å². The zero-order valence-corrected chi connectivity index (χ0v) is 57.1. The van der Waals surface area contributed by atoms with E-state index in [9.17, 15) is 52.7 Å². The zero-order valence-electron chi connectivity index (χ0n) is 57.1. The topological polar surface area (TPSA) is 313 Å². The maximum atomic E-state index is 14.4. The number of nitrogens with one attached hydrogen (secondary N) is 5. The molecule has 1 aromatic rings. The van der Waals surface area contributed by atoms with Gasteiger partial charge < -0.3 is 59.7 Å². The van der Waals surface area contributed by atoms with Gasteiger partial charge in [-0.1, -0.05) is 196 Å². The van der Waals surface area contributed by atoms with Crippen molar-refractivity contribution in [2.45, 2.75) is 279 Å². The monoisotopic (exact) mass is 1300 g/mol. The molecular weight excluding hydrogens is 1190 g/mol. The lowest BCUT2D eigenvalue weighted by molar-refractivity contribution is -0.170. The number of esters is 6. The van der Waals surface area contributed by atoms with Gasteiger partial charge in [-0.2, -0.15) is 0 Å². The van der Waals surface area contributed by atoms with Crippen LogP contribution in [0.5, 0.6) is 0 Å². The minimum absolute atomic E-state index is 0.00303. The summed E-state index contributed by atoms with van der Waals surface area (Å²) in [5.74, 6) is -11.7. The Morgan fingerprint density at radius 3 is 0.924 bits per heavy atom. The first-order valence-electron chi connectivity index (χ1n) is 33.8. The number of carbonyl (C=O) groups is 11. The molecule has 3 aliphatic carbocycles. The maximum absolute atomic E-state index is 14.4. The summed E-state index contributed by atoms with van der Waals surface area (Å²) in [6, 6.07) is 2.56. The van der Waals surface area contributed by atoms with Crippen molar-refractivity contribution in [3.63, 3.8) is 0 Å². The Labute approximate surface area is 545 Å². The predicted octanol–water partition coefficient (Wildman–Crippen LogP) is 7.98. The lowest BCUT2D eigenvalue weighted by Crippen LogP contribution is -2.55. The van der Waals surface area contributed by atoms with Crippen molar-refractivity contribution in [1.29, 1.82) is 0 Å². The normalized spacial score (nSPS) is 18.7. The maximum Gasteiger partial charge on any atom is 0.347 e. The number of hydrogen-bond donors (Lipinski definition) is 5. The highest BCUT2D eigenvalue weighted by molar-refractivity contribution is 5.94. The van der Waals surface area contributed by atoms with Crippen molar-refractivity contribution in [3.8, 4) is 0 Å². The van der Waals surface area contributed by atoms with Gasteiger partial charge in [-0.3, -0.25) is 24.0 Å². The average molecular weight is 1300 g/mol. The average Bonchev–Trinajstić information content (AvgIpc) is 1.31. The highest BCUT2D eigenvalue weighted by Gasteiger charge is 2.41. The number of amides is 5. The molecule has 0 aromatic heterocycles. The van der Waals surface area contributed by atoms with Crippen LogP contribution in [-0.4, -0.2) is 139 Å². The number of hydrogen-bond acceptors (Lipinski definition) is 18. The molecule has 0 bridgehead atoms. The fourth-order valence-corrected chi connectivity index (χ4v) is 11.8. The third-order valence-corrected chi connectivity index (χ3v) is 17.8. The second kappa shape index (κ2) is 39.1. The van der Waals surface area contributed by atoms with Gasteiger partial charge in [0.05, 0.1) is 0 Å². The predicted molar refractivity (Wildman–Crippen MR) is 341 cm³/mol. The third-order valence-electron chi connectivity index (χ3n) is 17.8. The molecule has 5 N–H and O–H groups in total. The minimum atomic E-state index is -1.53. The number of methoxy groups -OCH3 is 1. The molecule has 0 unspecified atom stereocenters. The first-order valence-corrected chi connectivity index (χ1v) is 33.8. The van der Waals surface area contributed by atoms with Crippen molar-refractivity contribution in [3.05, 3.63) is 35.9 Å². The lowest BCUT2D eigenvalue weighted by atomic mass is 9.85. The zero-order chi connectivity index (χ0) is 68.4. The van der Waals surface area contributed by atoms with Crippen LogP contribution >= 0.6 is 0 Å². The van der Waals surface area contributed by atoms with E-state index in [2.05, 4.69) is 26.6 Å². The molecule has 92 heavy (non-hydrogen) atoms. The van der Waals surface area contributed by atoms with Crippen molar-refractivity contribution in [2.75, 3.05) is 7.11 Å². The molecule has 0 saturated heterocycles. The summed E-state index contributed by atoms with van der Waals surface area (Å²) < 4.78 is 39.6. The van der Waals surface area contributed by atoms with E-state index in [1.807, 2.05) is 6.07 Å². The Bertz CT molecular complexity index is 2560. The molecule has 5 amide bonds. The highest BCUT2D eigenvalue weighted by Crippen LogP contribution is 2.31. The van der Waals surface area contributed by atoms with E-state index in [1.54, 1.807) is 93.5 Å². The quantitative estimate of drug-likeness (QED) is 0.0318. The summed E-state index contributed by atoms with van der Waals surface area (Å²) in [5, 5.41) is 13.4. The fourth-order valence-electron chi connectivity index (χ4n) is 11.8. The molecule has 4 rings (SSSR count). The van der Waals surface area contributed by atoms with E-state index >= 15 is 0 Å². The Balaban J connectivity index is 1.42. The SMILES string of the molecule is CO[C@H](CC1CCCCC1)C(=O)N[C@@H](C(=O)O[C@@H](C)C(=O)N[C@H](C(=O)O[C@H](CC1CCCCC1)C(=O)N[C@@H](C(=O)O[C@@H](C)C(=O)N[C@H](C(=O)O[C@H](CC1CCCCC1)C(=O)N[C@@H](C(=O)O[C@@H](C)C(=O)OCc1ccccc1)C(C)C)C(C)C)C(C)C)C(C)C)C(C)C. The molecule has 23 heteroatoms. The Hall–Kier alpha value is -6.65. The molecule has 0 radical (unpaired) electrons. The molecule has 3 saturated carbocycles. The number of ether oxygens (including phenoxy) is 7. The van der Waals surface area contributed by atoms with Gasteiger partial charge in [0.1, 0.15) is 42.9 Å². The van der Waals surface area contributed by atoms with Crippen LogP contribution in [0, 0.1) is 47.3 Å². The van der Waals surface area contributed by atoms with E-state index in [0.29, 0.717) is 12.3 Å². The van der Waals surface area contributed by atoms with Crippen LogP contribution in [0.15, 0.2) is 30.3 Å². The van der Waals surface area contributed by atoms with Gasteiger partial charge in [-0.25, -0.2) is 28.8 Å². The minimum Gasteiger partial charge on any atom is -0.458 e. The van der Waals surface area contributed by atoms with Gasteiger partial charge >= 0.3 is 35.8 Å². The molecule has 518 valence electrons. The number of carbonyl (C=O) groups excluding carboxylic acids is 11. The Morgan fingerprint density at radius 2 is 0.620 bits per heavy atom. The largest absolute Gasteiger partial charge is 0.458 e. The molecule has 0 heterocycles. The van der Waals surface area contributed by atoms with Crippen molar-refractivity contribution in [1.82, 2.24) is 26.6 Å². The van der Waals surface area contributed by atoms with Gasteiger partial charge in [0, 0.05) is 7.11 Å². The number of benzene rings is 1. The van der Waals surface area contributed by atoms with E-state index in [0.717, 1.165) is 102 Å². The smallest absolute Gasteiger partial charge is 0.347 e. The molecule has 0 aliphatic heterocycles. The van der Waals surface area contributed by atoms with Crippen LogP contribution in [0.2, 0.25) is 0 Å². The van der Waals surface area contributed by atoms with Crippen molar-refractivity contribution < 1.29 is 85.9 Å². The van der Waals surface area contributed by atoms with Gasteiger partial charge in [-0.05, 0) is 92.9 Å². The number of rotatable bonds is 35. The summed E-state index contributed by atoms with van der Waals surface area (Å²) in [5.41, 5.74) is 0.737. The molecule has 23 nitrogen and oxygen atoms in total. The molecule has 3 aliphatic rings. The van der Waals surface area contributed by atoms with Crippen LogP contribution in [0.3, 0.4) is 0 Å². The van der Waals surface area contributed by atoms with Crippen LogP contribution in [0.25, 0.3) is 0 Å². The van der Waals surface area contributed by atoms with Crippen LogP contribution in [0.1, 0.15) is 211 Å². The van der Waals surface area contributed by atoms with Gasteiger partial charge in [0.25, 0.3) is 23.6 Å². The first-order chi connectivity index (χ1) is 43.5. The summed E-state index contributed by atoms with van der Waals surface area (Å²) in [4.78, 5) is 152. The summed E-state index contributed by atoms with van der Waals surface area (Å²) >= 11 is 0. The van der Waals surface area contributed by atoms with Gasteiger partial charge in [-0.15, -0.1) is 0 Å². The molecule has 11 atom stereocenters. The first kappa shape index (κ1) is 77.8. The lowest BCUT2D eigenvalue weighted by Gasteiger charge is -2.31. The van der Waals surface area contributed by atoms with E-state index in [1.165, 1.54) is 27.9 Å². The van der Waals surface area contributed by atoms with Gasteiger partial charge in [0.15, 0.2) is 30.5 Å². The molecule has 1 aromatic carbocycles. The van der Waals surface area contributed by atoms with E-state index in [-0.39, 0.29) is 31.3 Å². The highest BCUT2D eigenvalue weighted by atomic mass is 16.6. The Kier molecular flexibility index (Phi) is 33.1. The van der Waals surface area contributed by atoms with E-state index in [4.69, 9.17) is 33.2 Å². The third kappa shape index (κ3) is 25.7. The van der Waals surface area contributed by atoms with Gasteiger partial charge in [0.2, 0.25) is 5.91 Å². The summed E-state index contributed by atoms with van der Waals surface area (Å²) in [6.07, 6.45) is 6.89. The fraction of sp³-hybridized carbons (Fsp3) is 0.754. The van der Waals surface area contributed by atoms with Crippen LogP contribution in [0.4, 0.5) is 0 Å². The van der Waals surface area contributed by atoms with Crippen LogP contribution < -0.4 is 26.6 Å². The van der Waals surface area contributed by atoms with Crippen molar-refractivity contribution in [2.24, 2.45) is 47.3 Å². The molecule has 0 spiro atoms.